The third kappa shape index (κ3) is 4.39. The minimum Gasteiger partial charge on any atom is -0.507 e. The van der Waals surface area contributed by atoms with Gasteiger partial charge in [0, 0.05) is 35.4 Å². The van der Waals surface area contributed by atoms with Crippen molar-refractivity contribution in [3.05, 3.63) is 52.5 Å². The maximum atomic E-state index is 10.1. The molecule has 0 saturated heterocycles. The van der Waals surface area contributed by atoms with E-state index in [2.05, 4.69) is 29.3 Å². The predicted molar refractivity (Wildman–Crippen MR) is 99.1 cm³/mol. The van der Waals surface area contributed by atoms with Gasteiger partial charge < -0.3 is 10.0 Å². The second-order valence-electron chi connectivity index (χ2n) is 5.25. The van der Waals surface area contributed by atoms with Crippen LogP contribution in [0, 0.1) is 6.92 Å². The van der Waals surface area contributed by atoms with Crippen molar-refractivity contribution in [3.8, 4) is 5.75 Å². The van der Waals surface area contributed by atoms with Crippen molar-refractivity contribution in [1.82, 2.24) is 0 Å². The molecule has 2 aromatic rings. The van der Waals surface area contributed by atoms with E-state index in [1.165, 1.54) is 0 Å². The van der Waals surface area contributed by atoms with Crippen LogP contribution in [0.15, 0.2) is 41.5 Å². The number of rotatable bonds is 6. The largest absolute Gasteiger partial charge is 0.507 e. The van der Waals surface area contributed by atoms with E-state index in [4.69, 9.17) is 11.6 Å². The van der Waals surface area contributed by atoms with Crippen molar-refractivity contribution in [2.24, 2.45) is 5.10 Å². The molecule has 0 amide bonds. The summed E-state index contributed by atoms with van der Waals surface area (Å²) in [5.41, 5.74) is 6.39. The zero-order chi connectivity index (χ0) is 16.8. The van der Waals surface area contributed by atoms with Crippen LogP contribution in [0.1, 0.15) is 25.0 Å². The van der Waals surface area contributed by atoms with Gasteiger partial charge in [-0.3, -0.25) is 5.43 Å². The Morgan fingerprint density at radius 3 is 2.52 bits per heavy atom. The number of aromatic hydroxyl groups is 1. The summed E-state index contributed by atoms with van der Waals surface area (Å²) in [6, 6.07) is 11.3. The fourth-order valence-electron chi connectivity index (χ4n) is 2.27. The molecule has 0 atom stereocenters. The number of phenolic OH excluding ortho intramolecular Hbond substituents is 1. The molecule has 23 heavy (non-hydrogen) atoms. The zero-order valence-corrected chi connectivity index (χ0v) is 14.4. The van der Waals surface area contributed by atoms with Crippen molar-refractivity contribution in [3.63, 3.8) is 0 Å². The van der Waals surface area contributed by atoms with Crippen molar-refractivity contribution in [2.45, 2.75) is 20.8 Å². The molecule has 0 bridgehead atoms. The zero-order valence-electron chi connectivity index (χ0n) is 13.7. The van der Waals surface area contributed by atoms with Crippen LogP contribution < -0.4 is 10.3 Å². The normalized spacial score (nSPS) is 11.0. The lowest BCUT2D eigenvalue weighted by Crippen LogP contribution is -2.21. The van der Waals surface area contributed by atoms with Crippen LogP contribution in [0.25, 0.3) is 0 Å². The lowest BCUT2D eigenvalue weighted by molar-refractivity contribution is 0.474. The summed E-state index contributed by atoms with van der Waals surface area (Å²) in [4.78, 5) is 2.17. The van der Waals surface area contributed by atoms with E-state index >= 15 is 0 Å². The molecule has 0 spiro atoms. The highest BCUT2D eigenvalue weighted by molar-refractivity contribution is 6.31. The number of hydrazone groups is 1. The number of nitrogens with zero attached hydrogens (tertiary/aromatic N) is 2. The minimum atomic E-state index is 0.210. The Labute approximate surface area is 142 Å². The highest BCUT2D eigenvalue weighted by Gasteiger charge is 2.05. The van der Waals surface area contributed by atoms with Crippen LogP contribution in [0.2, 0.25) is 5.02 Å². The van der Waals surface area contributed by atoms with E-state index in [1.54, 1.807) is 12.3 Å². The summed E-state index contributed by atoms with van der Waals surface area (Å²) in [7, 11) is 0. The van der Waals surface area contributed by atoms with Gasteiger partial charge in [-0.05, 0) is 50.6 Å². The Balaban J connectivity index is 2.09. The first kappa shape index (κ1) is 17.2. The topological polar surface area (TPSA) is 47.9 Å². The molecule has 0 heterocycles. The molecule has 5 heteroatoms. The highest BCUT2D eigenvalue weighted by Crippen LogP contribution is 2.24. The smallest absolute Gasteiger partial charge is 0.126 e. The number of hydrogen-bond acceptors (Lipinski definition) is 4. The predicted octanol–water partition coefficient (Wildman–Crippen LogP) is 4.65. The lowest BCUT2D eigenvalue weighted by Gasteiger charge is -2.21. The van der Waals surface area contributed by atoms with E-state index in [0.717, 1.165) is 30.0 Å². The van der Waals surface area contributed by atoms with E-state index in [9.17, 15) is 5.11 Å². The molecule has 0 unspecified atom stereocenters. The van der Waals surface area contributed by atoms with Crippen molar-refractivity contribution >= 4 is 29.2 Å². The number of benzene rings is 2. The molecule has 2 N–H and O–H groups in total. The third-order valence-corrected chi connectivity index (χ3v) is 4.12. The number of aryl methyl sites for hydroxylation is 1. The van der Waals surface area contributed by atoms with Gasteiger partial charge >= 0.3 is 0 Å². The summed E-state index contributed by atoms with van der Waals surface area (Å²) in [6.45, 7) is 7.93. The molecular weight excluding hydrogens is 310 g/mol. The fraction of sp³-hybridized carbons (Fsp3) is 0.278. The number of phenols is 1. The van der Waals surface area contributed by atoms with Gasteiger partial charge in [0.2, 0.25) is 0 Å². The third-order valence-electron chi connectivity index (χ3n) is 3.71. The standard InChI is InChI=1S/C18H22ClN3O/c1-4-22(5-2)16-9-7-14(18(23)11-16)12-20-21-15-8-6-13(3)17(19)10-15/h6-12,21,23H,4-5H2,1-3H3/b20-12+. The molecule has 122 valence electrons. The summed E-state index contributed by atoms with van der Waals surface area (Å²) in [5, 5.41) is 15.0. The van der Waals surface area contributed by atoms with Gasteiger partial charge in [0.1, 0.15) is 5.75 Å². The van der Waals surface area contributed by atoms with Crippen molar-refractivity contribution in [1.29, 1.82) is 0 Å². The maximum absolute atomic E-state index is 10.1. The summed E-state index contributed by atoms with van der Waals surface area (Å²) in [6.07, 6.45) is 1.59. The second kappa shape index (κ2) is 7.88. The Kier molecular flexibility index (Phi) is 5.88. The molecule has 2 aromatic carbocycles. The summed E-state index contributed by atoms with van der Waals surface area (Å²) in [5.74, 6) is 0.210. The molecule has 0 aliphatic carbocycles. The van der Waals surface area contributed by atoms with Gasteiger partial charge in [0.15, 0.2) is 0 Å². The van der Waals surface area contributed by atoms with Gasteiger partial charge in [-0.1, -0.05) is 17.7 Å². The molecule has 0 aliphatic heterocycles. The molecular formula is C18H22ClN3O. The lowest BCUT2D eigenvalue weighted by atomic mass is 10.2. The molecule has 0 aliphatic rings. The molecule has 0 saturated carbocycles. The Hall–Kier alpha value is -2.20. The van der Waals surface area contributed by atoms with Crippen LogP contribution in [0.3, 0.4) is 0 Å². The number of hydrogen-bond donors (Lipinski definition) is 2. The van der Waals surface area contributed by atoms with Gasteiger partial charge in [-0.15, -0.1) is 0 Å². The first-order valence-corrected chi connectivity index (χ1v) is 8.06. The summed E-state index contributed by atoms with van der Waals surface area (Å²) >= 11 is 6.07. The monoisotopic (exact) mass is 331 g/mol. The van der Waals surface area contributed by atoms with Gasteiger partial charge in [-0.2, -0.15) is 5.10 Å². The Morgan fingerprint density at radius 2 is 1.91 bits per heavy atom. The van der Waals surface area contributed by atoms with Gasteiger partial charge in [-0.25, -0.2) is 0 Å². The van der Waals surface area contributed by atoms with Crippen molar-refractivity contribution in [2.75, 3.05) is 23.4 Å². The average Bonchev–Trinajstić information content (AvgIpc) is 2.54. The fourth-order valence-corrected chi connectivity index (χ4v) is 2.45. The van der Waals surface area contributed by atoms with E-state index in [1.807, 2.05) is 37.3 Å². The Morgan fingerprint density at radius 1 is 1.17 bits per heavy atom. The molecule has 0 fully saturated rings. The quantitative estimate of drug-likeness (QED) is 0.598. The van der Waals surface area contributed by atoms with Gasteiger partial charge in [0.05, 0.1) is 11.9 Å². The number of halogens is 1. The first-order chi connectivity index (χ1) is 11.0. The van der Waals surface area contributed by atoms with Crippen LogP contribution in [-0.4, -0.2) is 24.4 Å². The van der Waals surface area contributed by atoms with E-state index in [-0.39, 0.29) is 5.75 Å². The van der Waals surface area contributed by atoms with Crippen LogP contribution >= 0.6 is 11.6 Å². The molecule has 0 aromatic heterocycles. The van der Waals surface area contributed by atoms with Crippen LogP contribution in [0.5, 0.6) is 5.75 Å². The van der Waals surface area contributed by atoms with Crippen molar-refractivity contribution < 1.29 is 5.11 Å². The Bertz CT molecular complexity index is 697. The number of anilines is 2. The molecule has 4 nitrogen and oxygen atoms in total. The maximum Gasteiger partial charge on any atom is 0.126 e. The van der Waals surface area contributed by atoms with Gasteiger partial charge in [0.25, 0.3) is 0 Å². The minimum absolute atomic E-state index is 0.210. The van der Waals surface area contributed by atoms with E-state index in [0.29, 0.717) is 10.6 Å². The van der Waals surface area contributed by atoms with E-state index < -0.39 is 0 Å². The molecule has 0 radical (unpaired) electrons. The van der Waals surface area contributed by atoms with Crippen LogP contribution in [-0.2, 0) is 0 Å². The number of nitrogens with one attached hydrogen (secondary N) is 1. The average molecular weight is 332 g/mol. The first-order valence-electron chi connectivity index (χ1n) is 7.68. The SMILES string of the molecule is CCN(CC)c1ccc(/C=N/Nc2ccc(C)c(Cl)c2)c(O)c1. The second-order valence-corrected chi connectivity index (χ2v) is 5.66. The summed E-state index contributed by atoms with van der Waals surface area (Å²) < 4.78 is 0. The highest BCUT2D eigenvalue weighted by atomic mass is 35.5. The van der Waals surface area contributed by atoms with Crippen LogP contribution in [0.4, 0.5) is 11.4 Å². The molecule has 2 rings (SSSR count).